The fourth-order valence-electron chi connectivity index (χ4n) is 2.64. The molecule has 8 nitrogen and oxygen atoms in total. The summed E-state index contributed by atoms with van der Waals surface area (Å²) < 4.78 is 0. The molecule has 140 valence electrons. The van der Waals surface area contributed by atoms with Gasteiger partial charge in [0.25, 0.3) is 0 Å². The molecule has 0 aromatic rings. The fourth-order valence-corrected chi connectivity index (χ4v) is 2.64. The van der Waals surface area contributed by atoms with Crippen molar-refractivity contribution in [2.24, 2.45) is 0 Å². The van der Waals surface area contributed by atoms with Gasteiger partial charge in [0.2, 0.25) is 0 Å². The summed E-state index contributed by atoms with van der Waals surface area (Å²) in [4.78, 5) is 29.1. The summed E-state index contributed by atoms with van der Waals surface area (Å²) in [5.41, 5.74) is 0. The molecule has 0 amide bonds. The number of carbonyl (C=O) groups is 2. The monoisotopic (exact) mass is 406 g/mol. The third-order valence-corrected chi connectivity index (χ3v) is 4.46. The van der Waals surface area contributed by atoms with E-state index in [2.05, 4.69) is 33.7 Å². The van der Waals surface area contributed by atoms with Crippen molar-refractivity contribution < 1.29 is 39.3 Å². The van der Waals surface area contributed by atoms with E-state index >= 15 is 0 Å². The predicted molar refractivity (Wildman–Crippen MR) is 87.1 cm³/mol. The molecule has 0 bridgehead atoms. The summed E-state index contributed by atoms with van der Waals surface area (Å²) >= 11 is 0. The van der Waals surface area contributed by atoms with Crippen molar-refractivity contribution >= 4 is 11.9 Å². The van der Waals surface area contributed by atoms with E-state index in [1.807, 2.05) is 0 Å². The van der Waals surface area contributed by atoms with Gasteiger partial charge in [-0.3, -0.25) is 0 Å². The number of carbonyl (C=O) groups excluding carboxylic acids is 2. The van der Waals surface area contributed by atoms with Crippen LogP contribution in [0.1, 0.15) is 12.8 Å². The molecule has 0 atom stereocenters. The molecule has 2 heterocycles. The van der Waals surface area contributed by atoms with Crippen LogP contribution in [0.4, 0.5) is 0 Å². The molecule has 0 aliphatic carbocycles. The molecule has 2 fully saturated rings. The summed E-state index contributed by atoms with van der Waals surface area (Å²) in [5.74, 6) is -1.90. The molecule has 0 unspecified atom stereocenters. The number of aliphatic carboxylic acids is 2. The van der Waals surface area contributed by atoms with Crippen molar-refractivity contribution in [2.75, 3.05) is 79.5 Å². The van der Waals surface area contributed by atoms with E-state index < -0.39 is 11.9 Å². The van der Waals surface area contributed by atoms with E-state index in [0.29, 0.717) is 13.1 Å². The third kappa shape index (κ3) is 12.4. The van der Waals surface area contributed by atoms with Crippen LogP contribution in [0.25, 0.3) is 0 Å². The summed E-state index contributed by atoms with van der Waals surface area (Å²) in [6.45, 7) is 9.31. The van der Waals surface area contributed by atoms with Crippen LogP contribution < -0.4 is 10.2 Å². The first kappa shape index (κ1) is 24.4. The molecule has 2 rings (SSSR count). The standard InChI is InChI=1S/2C8H16N2O2.Zn/c2*1-9-4-6-10(7-5-9)3-2-8(11)12;/h2*2-7H2,1H3,(H,11,12);/q;;+2/p-2. The minimum absolute atomic E-state index is 0. The van der Waals surface area contributed by atoms with Crippen molar-refractivity contribution in [3.63, 3.8) is 0 Å². The average Bonchev–Trinajstić information content (AvgIpc) is 2.54. The van der Waals surface area contributed by atoms with Gasteiger partial charge in [-0.25, -0.2) is 0 Å². The molecule has 0 N–H and O–H groups in total. The maximum absolute atomic E-state index is 10.2. The zero-order valence-electron chi connectivity index (χ0n) is 15.6. The fraction of sp³-hybridized carbons (Fsp3) is 0.875. The third-order valence-electron chi connectivity index (χ3n) is 4.46. The van der Waals surface area contributed by atoms with Gasteiger partial charge >= 0.3 is 19.5 Å². The topological polar surface area (TPSA) is 93.2 Å². The van der Waals surface area contributed by atoms with E-state index in [1.54, 1.807) is 0 Å². The van der Waals surface area contributed by atoms with Crippen LogP contribution in [-0.4, -0.2) is 111 Å². The van der Waals surface area contributed by atoms with Crippen LogP contribution in [0.15, 0.2) is 0 Å². The van der Waals surface area contributed by atoms with E-state index in [0.717, 1.165) is 52.4 Å². The minimum Gasteiger partial charge on any atom is -0.550 e. The summed E-state index contributed by atoms with van der Waals surface area (Å²) in [6.07, 6.45) is 0.313. The Labute approximate surface area is 163 Å². The number of likely N-dealkylation sites (N-methyl/N-ethyl adjacent to an activating group) is 2. The Morgan fingerprint density at radius 3 is 1.20 bits per heavy atom. The number of carboxylic acid groups (broad SMARTS) is 2. The van der Waals surface area contributed by atoms with Crippen LogP contribution in [-0.2, 0) is 29.1 Å². The summed E-state index contributed by atoms with van der Waals surface area (Å²) in [5, 5.41) is 20.3. The van der Waals surface area contributed by atoms with E-state index in [4.69, 9.17) is 0 Å². The van der Waals surface area contributed by atoms with E-state index in [-0.39, 0.29) is 32.3 Å². The Morgan fingerprint density at radius 1 is 0.680 bits per heavy atom. The summed E-state index contributed by atoms with van der Waals surface area (Å²) in [6, 6.07) is 0. The Balaban J connectivity index is 0.000000443. The normalized spacial score (nSPS) is 20.2. The maximum atomic E-state index is 10.2. The van der Waals surface area contributed by atoms with Crippen molar-refractivity contribution in [3.8, 4) is 0 Å². The smallest absolute Gasteiger partial charge is 0.550 e. The second-order valence-electron chi connectivity index (χ2n) is 6.53. The Morgan fingerprint density at radius 2 is 0.960 bits per heavy atom. The van der Waals surface area contributed by atoms with Crippen molar-refractivity contribution in [1.82, 2.24) is 19.6 Å². The van der Waals surface area contributed by atoms with E-state index in [9.17, 15) is 19.8 Å². The van der Waals surface area contributed by atoms with Gasteiger partial charge < -0.3 is 39.4 Å². The Hall–Kier alpha value is -0.597. The van der Waals surface area contributed by atoms with Crippen LogP contribution in [0.3, 0.4) is 0 Å². The predicted octanol–water partition coefficient (Wildman–Crippen LogP) is -3.25. The second kappa shape index (κ2) is 13.6. The van der Waals surface area contributed by atoms with Gasteiger partial charge in [0.05, 0.1) is 0 Å². The quantitative estimate of drug-likeness (QED) is 0.424. The molecule has 9 heteroatoms. The Bertz CT molecular complexity index is 348. The number of carboxylic acids is 2. The first-order valence-electron chi connectivity index (χ1n) is 8.58. The van der Waals surface area contributed by atoms with Crippen molar-refractivity contribution in [2.45, 2.75) is 12.8 Å². The molecule has 0 aromatic heterocycles. The molecular weight excluding hydrogens is 378 g/mol. The van der Waals surface area contributed by atoms with Gasteiger partial charge in [0.1, 0.15) is 0 Å². The molecule has 0 spiro atoms. The zero-order valence-corrected chi connectivity index (χ0v) is 18.6. The number of piperazine rings is 2. The number of hydrogen-bond donors (Lipinski definition) is 0. The molecule has 2 aliphatic rings. The van der Waals surface area contributed by atoms with E-state index in [1.165, 1.54) is 0 Å². The van der Waals surface area contributed by atoms with Gasteiger partial charge in [-0.05, 0) is 26.9 Å². The number of hydrogen-bond acceptors (Lipinski definition) is 8. The van der Waals surface area contributed by atoms with Crippen LogP contribution in [0.2, 0.25) is 0 Å². The van der Waals surface area contributed by atoms with Gasteiger partial charge in [-0.1, -0.05) is 0 Å². The maximum Gasteiger partial charge on any atom is 2.00 e. The first-order chi connectivity index (χ1) is 11.4. The summed E-state index contributed by atoms with van der Waals surface area (Å²) in [7, 11) is 4.16. The zero-order chi connectivity index (χ0) is 17.9. The van der Waals surface area contributed by atoms with Gasteiger partial charge in [-0.2, -0.15) is 0 Å². The number of rotatable bonds is 6. The van der Waals surface area contributed by atoms with Crippen LogP contribution >= 0.6 is 0 Å². The SMILES string of the molecule is CN1CCN(CCC(=O)[O-])CC1.CN1CCN(CCC(=O)[O-])CC1.[Zn+2]. The molecule has 2 aliphatic heterocycles. The van der Waals surface area contributed by atoms with Crippen molar-refractivity contribution in [3.05, 3.63) is 0 Å². The number of nitrogens with zero attached hydrogens (tertiary/aromatic N) is 4. The second-order valence-corrected chi connectivity index (χ2v) is 6.53. The molecular formula is C16H30N4O4Zn. The Kier molecular flexibility index (Phi) is 13.3. The van der Waals surface area contributed by atoms with Crippen LogP contribution in [0.5, 0.6) is 0 Å². The minimum atomic E-state index is -0.950. The van der Waals surface area contributed by atoms with Gasteiger partial charge in [0, 0.05) is 77.4 Å². The molecule has 2 saturated heterocycles. The molecule has 25 heavy (non-hydrogen) atoms. The first-order valence-corrected chi connectivity index (χ1v) is 8.58. The van der Waals surface area contributed by atoms with Gasteiger partial charge in [0.15, 0.2) is 0 Å². The largest absolute Gasteiger partial charge is 2.00 e. The average molecular weight is 408 g/mol. The molecule has 0 radical (unpaired) electrons. The van der Waals surface area contributed by atoms with Gasteiger partial charge in [-0.15, -0.1) is 0 Å². The molecule has 0 saturated carbocycles. The van der Waals surface area contributed by atoms with Crippen molar-refractivity contribution in [1.29, 1.82) is 0 Å². The molecule has 0 aromatic carbocycles. The van der Waals surface area contributed by atoms with Crippen LogP contribution in [0, 0.1) is 0 Å².